The van der Waals surface area contributed by atoms with E-state index in [1.54, 1.807) is 18.0 Å². The van der Waals surface area contributed by atoms with Gasteiger partial charge in [0.25, 0.3) is 5.91 Å². The van der Waals surface area contributed by atoms with Crippen LogP contribution < -0.4 is 4.90 Å². The first-order valence-corrected chi connectivity index (χ1v) is 9.32. The summed E-state index contributed by atoms with van der Waals surface area (Å²) in [4.78, 5) is 22.7. The van der Waals surface area contributed by atoms with Crippen molar-refractivity contribution in [3.05, 3.63) is 87.7 Å². The minimum Gasteiger partial charge on any atom is -0.367 e. The molecule has 2 aromatic carbocycles. The minimum atomic E-state index is -0.578. The third kappa shape index (κ3) is 3.38. The van der Waals surface area contributed by atoms with Gasteiger partial charge in [-0.25, -0.2) is 0 Å². The van der Waals surface area contributed by atoms with E-state index in [2.05, 4.69) is 4.98 Å². The molecule has 0 bridgehead atoms. The second-order valence-corrected chi connectivity index (χ2v) is 7.29. The number of nitrogens with one attached hydrogen (secondary N) is 1. The molecule has 0 spiro atoms. The minimum absolute atomic E-state index is 0.0796. The quantitative estimate of drug-likeness (QED) is 0.680. The van der Waals surface area contributed by atoms with Crippen LogP contribution in [0.5, 0.6) is 0 Å². The van der Waals surface area contributed by atoms with Crippen molar-refractivity contribution in [2.45, 2.75) is 12.5 Å². The first-order chi connectivity index (χ1) is 13.0. The lowest BCUT2D eigenvalue weighted by Gasteiger charge is -2.20. The summed E-state index contributed by atoms with van der Waals surface area (Å²) in [5, 5.41) is 1.23. The van der Waals surface area contributed by atoms with Crippen LogP contribution in [0.1, 0.15) is 16.7 Å². The molecule has 1 unspecified atom stereocenters. The number of nitrogens with zero attached hydrogens (tertiary/aromatic N) is 2. The number of anilines is 1. The predicted octanol–water partition coefficient (Wildman–Crippen LogP) is 4.75. The molecule has 0 fully saturated rings. The molecular formula is C21H17Cl2N3O. The molecule has 6 heteroatoms. The van der Waals surface area contributed by atoms with Crippen LogP contribution in [0, 0.1) is 0 Å². The average Bonchev–Trinajstić information content (AvgIpc) is 3.17. The maximum Gasteiger partial charge on any atom is 0.251 e. The van der Waals surface area contributed by atoms with Crippen molar-refractivity contribution < 1.29 is 4.79 Å². The number of hydrogen-bond donors (Lipinski definition) is 1. The second kappa shape index (κ2) is 7.22. The topological polar surface area (TPSA) is 48.5 Å². The van der Waals surface area contributed by atoms with Crippen molar-refractivity contribution in [3.63, 3.8) is 0 Å². The van der Waals surface area contributed by atoms with Gasteiger partial charge in [-0.2, -0.15) is 0 Å². The van der Waals surface area contributed by atoms with Crippen LogP contribution in [0.15, 0.2) is 65.9 Å². The summed E-state index contributed by atoms with van der Waals surface area (Å²) in [7, 11) is 1.77. The maximum atomic E-state index is 13.2. The molecule has 0 saturated carbocycles. The van der Waals surface area contributed by atoms with Crippen molar-refractivity contribution in [3.8, 4) is 0 Å². The fourth-order valence-electron chi connectivity index (χ4n) is 3.32. The van der Waals surface area contributed by atoms with Crippen LogP contribution in [0.4, 0.5) is 5.69 Å². The lowest BCUT2D eigenvalue weighted by Crippen LogP contribution is -2.36. The summed E-state index contributed by atoms with van der Waals surface area (Å²) in [5.74, 6) is -0.0796. The number of aromatic amines is 1. The third-order valence-electron chi connectivity index (χ3n) is 4.72. The average molecular weight is 398 g/mol. The standard InChI is InChI=1S/C21H17Cl2N3O/c1-26-19-7-6-15(22)11-16(19)20(14-8-9-24-12-14)25-18(21(26)27)10-13-4-2-3-5-17(13)23/h2-9,11-12,18,24H,10H2,1H3. The molecule has 1 aromatic heterocycles. The van der Waals surface area contributed by atoms with Crippen molar-refractivity contribution >= 4 is 40.5 Å². The molecule has 1 aliphatic heterocycles. The number of rotatable bonds is 3. The first-order valence-electron chi connectivity index (χ1n) is 8.56. The lowest BCUT2D eigenvalue weighted by molar-refractivity contribution is -0.119. The van der Waals surface area contributed by atoms with Crippen molar-refractivity contribution in [2.75, 3.05) is 11.9 Å². The molecular weight excluding hydrogens is 381 g/mol. The number of benzodiazepines with no additional fused rings is 1. The van der Waals surface area contributed by atoms with Crippen LogP contribution in [-0.4, -0.2) is 29.7 Å². The van der Waals surface area contributed by atoms with Gasteiger partial charge in [0.05, 0.1) is 11.4 Å². The molecule has 4 rings (SSSR count). The van der Waals surface area contributed by atoms with E-state index in [4.69, 9.17) is 28.2 Å². The highest BCUT2D eigenvalue weighted by Crippen LogP contribution is 2.31. The number of amides is 1. The summed E-state index contributed by atoms with van der Waals surface area (Å²) in [5.41, 5.74) is 4.16. The van der Waals surface area contributed by atoms with E-state index >= 15 is 0 Å². The number of carbonyl (C=O) groups is 1. The monoisotopic (exact) mass is 397 g/mol. The third-order valence-corrected chi connectivity index (χ3v) is 5.32. The van der Waals surface area contributed by atoms with E-state index in [-0.39, 0.29) is 5.91 Å². The Bertz CT molecular complexity index is 1030. The van der Waals surface area contributed by atoms with Gasteiger partial charge in [-0.15, -0.1) is 0 Å². The highest BCUT2D eigenvalue weighted by atomic mass is 35.5. The molecule has 2 heterocycles. The Labute approximate surface area is 167 Å². The van der Waals surface area contributed by atoms with E-state index in [0.717, 1.165) is 28.1 Å². The Morgan fingerprint density at radius 2 is 1.96 bits per heavy atom. The van der Waals surface area contributed by atoms with Crippen LogP contribution >= 0.6 is 23.2 Å². The molecule has 0 aliphatic carbocycles. The Hall–Kier alpha value is -2.56. The van der Waals surface area contributed by atoms with Crippen molar-refractivity contribution in [1.29, 1.82) is 0 Å². The van der Waals surface area contributed by atoms with Gasteiger partial charge in [0.15, 0.2) is 0 Å². The zero-order valence-electron chi connectivity index (χ0n) is 14.6. The van der Waals surface area contributed by atoms with Gasteiger partial charge in [0.1, 0.15) is 6.04 Å². The zero-order chi connectivity index (χ0) is 19.0. The van der Waals surface area contributed by atoms with Crippen molar-refractivity contribution in [1.82, 2.24) is 4.98 Å². The van der Waals surface area contributed by atoms with Crippen LogP contribution in [0.2, 0.25) is 10.0 Å². The largest absolute Gasteiger partial charge is 0.367 e. The summed E-state index contributed by atoms with van der Waals surface area (Å²) in [6, 6.07) is 14.4. The molecule has 0 radical (unpaired) electrons. The molecule has 27 heavy (non-hydrogen) atoms. The van der Waals surface area contributed by atoms with E-state index in [0.29, 0.717) is 16.5 Å². The smallest absolute Gasteiger partial charge is 0.251 e. The summed E-state index contributed by atoms with van der Waals surface area (Å²) in [6.45, 7) is 0. The van der Waals surface area contributed by atoms with Crippen LogP contribution in [0.3, 0.4) is 0 Å². The molecule has 4 nitrogen and oxygen atoms in total. The SMILES string of the molecule is CN1C(=O)C(Cc2ccccc2Cl)N=C(c2cc[nH]c2)c2cc(Cl)ccc21. The van der Waals surface area contributed by atoms with E-state index in [1.807, 2.05) is 54.9 Å². The highest BCUT2D eigenvalue weighted by Gasteiger charge is 2.30. The Balaban J connectivity index is 1.86. The van der Waals surface area contributed by atoms with Gasteiger partial charge in [0, 0.05) is 47.0 Å². The van der Waals surface area contributed by atoms with Gasteiger partial charge in [-0.3, -0.25) is 9.79 Å². The number of halogens is 2. The van der Waals surface area contributed by atoms with Gasteiger partial charge >= 0.3 is 0 Å². The zero-order valence-corrected chi connectivity index (χ0v) is 16.1. The van der Waals surface area contributed by atoms with Gasteiger partial charge in [-0.1, -0.05) is 41.4 Å². The number of aliphatic imine (C=N–C) groups is 1. The van der Waals surface area contributed by atoms with E-state index < -0.39 is 6.04 Å². The molecule has 1 aliphatic rings. The van der Waals surface area contributed by atoms with Gasteiger partial charge in [0.2, 0.25) is 0 Å². The number of H-pyrrole nitrogens is 1. The molecule has 0 saturated heterocycles. The van der Waals surface area contributed by atoms with Gasteiger partial charge < -0.3 is 9.88 Å². The van der Waals surface area contributed by atoms with Crippen molar-refractivity contribution in [2.24, 2.45) is 4.99 Å². The molecule has 136 valence electrons. The number of aromatic nitrogens is 1. The van der Waals surface area contributed by atoms with E-state index in [1.165, 1.54) is 0 Å². The summed E-state index contributed by atoms with van der Waals surface area (Å²) in [6.07, 6.45) is 4.13. The lowest BCUT2D eigenvalue weighted by atomic mass is 10.0. The Morgan fingerprint density at radius 3 is 2.70 bits per heavy atom. The number of carbonyl (C=O) groups excluding carboxylic acids is 1. The molecule has 1 amide bonds. The predicted molar refractivity (Wildman–Crippen MR) is 110 cm³/mol. The Kier molecular flexibility index (Phi) is 4.77. The normalized spacial score (nSPS) is 16.7. The van der Waals surface area contributed by atoms with Gasteiger partial charge in [-0.05, 0) is 35.9 Å². The summed E-state index contributed by atoms with van der Waals surface area (Å²) >= 11 is 12.6. The fourth-order valence-corrected chi connectivity index (χ4v) is 3.70. The van der Waals surface area contributed by atoms with E-state index in [9.17, 15) is 4.79 Å². The highest BCUT2D eigenvalue weighted by molar-refractivity contribution is 6.32. The molecule has 1 N–H and O–H groups in total. The molecule has 1 atom stereocenters. The summed E-state index contributed by atoms with van der Waals surface area (Å²) < 4.78 is 0. The number of likely N-dealkylation sites (N-methyl/N-ethyl adjacent to an activating group) is 1. The Morgan fingerprint density at radius 1 is 1.15 bits per heavy atom. The number of hydrogen-bond acceptors (Lipinski definition) is 2. The molecule has 3 aromatic rings. The first kappa shape index (κ1) is 17.8. The number of benzene rings is 2. The second-order valence-electron chi connectivity index (χ2n) is 6.45. The van der Waals surface area contributed by atoms with Crippen LogP contribution in [-0.2, 0) is 11.2 Å². The number of fused-ring (bicyclic) bond motifs is 1. The van der Waals surface area contributed by atoms with Crippen LogP contribution in [0.25, 0.3) is 0 Å². The fraction of sp³-hybridized carbons (Fsp3) is 0.143. The maximum absolute atomic E-state index is 13.2.